The number of carbonyl (C=O) groups is 1. The number of benzene rings is 2. The van der Waals surface area contributed by atoms with Gasteiger partial charge in [-0.15, -0.1) is 0 Å². The van der Waals surface area contributed by atoms with Crippen LogP contribution in [0.5, 0.6) is 0 Å². The third-order valence-electron chi connectivity index (χ3n) is 7.24. The first-order chi connectivity index (χ1) is 15.6. The molecule has 1 amide bonds. The quantitative estimate of drug-likeness (QED) is 0.482. The molecule has 6 nitrogen and oxygen atoms in total. The molecule has 2 bridgehead atoms. The van der Waals surface area contributed by atoms with Crippen LogP contribution in [-0.4, -0.2) is 31.9 Å². The number of rotatable bonds is 7. The Labute approximate surface area is 196 Å². The van der Waals surface area contributed by atoms with Crippen LogP contribution in [0.1, 0.15) is 48.2 Å². The Kier molecular flexibility index (Phi) is 6.29. The van der Waals surface area contributed by atoms with Crippen molar-refractivity contribution in [3.63, 3.8) is 0 Å². The monoisotopic (exact) mass is 465 g/mol. The van der Waals surface area contributed by atoms with Crippen LogP contribution in [0.25, 0.3) is 0 Å². The number of hydrazone groups is 1. The number of nitrogens with zero attached hydrogens (tertiary/aromatic N) is 2. The maximum Gasteiger partial charge on any atom is 0.271 e. The van der Waals surface area contributed by atoms with E-state index in [1.807, 2.05) is 6.92 Å². The lowest BCUT2D eigenvalue weighted by atomic mass is 9.49. The Morgan fingerprint density at radius 2 is 1.82 bits per heavy atom. The number of allylic oxidation sites excluding steroid dienone is 2. The molecule has 1 saturated carbocycles. The summed E-state index contributed by atoms with van der Waals surface area (Å²) in [6.45, 7) is 6.73. The summed E-state index contributed by atoms with van der Waals surface area (Å²) >= 11 is 0. The molecule has 2 aromatic carbocycles. The number of sulfonamides is 1. The maximum atomic E-state index is 12.8. The van der Waals surface area contributed by atoms with Crippen LogP contribution >= 0.6 is 0 Å². The highest BCUT2D eigenvalue weighted by Gasteiger charge is 2.50. The molecule has 0 heterocycles. The molecule has 174 valence electrons. The molecule has 3 aliphatic carbocycles. The van der Waals surface area contributed by atoms with Gasteiger partial charge in [-0.1, -0.05) is 49.8 Å². The highest BCUT2D eigenvalue weighted by molar-refractivity contribution is 7.89. The number of hydrogen-bond acceptors (Lipinski definition) is 4. The van der Waals surface area contributed by atoms with Gasteiger partial charge < -0.3 is 0 Å². The van der Waals surface area contributed by atoms with Crippen LogP contribution in [0.4, 0.5) is 0 Å². The summed E-state index contributed by atoms with van der Waals surface area (Å²) < 4.78 is 26.9. The summed E-state index contributed by atoms with van der Waals surface area (Å²) in [5.74, 6) is 0.989. The van der Waals surface area contributed by atoms with E-state index in [1.165, 1.54) is 16.3 Å². The van der Waals surface area contributed by atoms with Crippen LogP contribution in [0.15, 0.2) is 70.2 Å². The van der Waals surface area contributed by atoms with E-state index in [4.69, 9.17) is 0 Å². The second-order valence-electron chi connectivity index (χ2n) is 9.72. The molecule has 33 heavy (non-hydrogen) atoms. The van der Waals surface area contributed by atoms with Crippen molar-refractivity contribution in [1.29, 1.82) is 0 Å². The van der Waals surface area contributed by atoms with E-state index in [2.05, 4.69) is 30.5 Å². The predicted octanol–water partition coefficient (Wildman–Crippen LogP) is 4.52. The average Bonchev–Trinajstić information content (AvgIpc) is 2.79. The van der Waals surface area contributed by atoms with Gasteiger partial charge in [-0.2, -0.15) is 9.41 Å². The van der Waals surface area contributed by atoms with Gasteiger partial charge in [-0.05, 0) is 72.4 Å². The topological polar surface area (TPSA) is 78.8 Å². The first-order valence-corrected chi connectivity index (χ1v) is 12.7. The zero-order valence-electron chi connectivity index (χ0n) is 19.6. The average molecular weight is 466 g/mol. The number of aryl methyl sites for hydroxylation is 1. The predicted molar refractivity (Wildman–Crippen MR) is 130 cm³/mol. The zero-order chi connectivity index (χ0) is 23.8. The van der Waals surface area contributed by atoms with Crippen molar-refractivity contribution in [3.05, 3.63) is 76.9 Å². The Morgan fingerprint density at radius 3 is 2.42 bits per heavy atom. The highest BCUT2D eigenvalue weighted by atomic mass is 32.2. The molecule has 0 aromatic heterocycles. The molecule has 2 atom stereocenters. The minimum Gasteiger partial charge on any atom is -0.267 e. The first-order valence-electron chi connectivity index (χ1n) is 11.2. The van der Waals surface area contributed by atoms with E-state index in [0.29, 0.717) is 16.9 Å². The molecule has 7 heteroatoms. The van der Waals surface area contributed by atoms with Gasteiger partial charge in [0.15, 0.2) is 0 Å². The summed E-state index contributed by atoms with van der Waals surface area (Å²) in [4.78, 5) is 12.7. The Hall–Kier alpha value is -2.77. The highest BCUT2D eigenvalue weighted by Crippen LogP contribution is 2.58. The normalized spacial score (nSPS) is 21.5. The van der Waals surface area contributed by atoms with E-state index >= 15 is 0 Å². The molecule has 2 aromatic rings. The van der Waals surface area contributed by atoms with E-state index in [1.54, 1.807) is 61.8 Å². The zero-order valence-corrected chi connectivity index (χ0v) is 20.4. The van der Waals surface area contributed by atoms with Crippen molar-refractivity contribution in [3.8, 4) is 0 Å². The van der Waals surface area contributed by atoms with Crippen LogP contribution in [-0.2, 0) is 16.6 Å². The number of hydrogen-bond donors (Lipinski definition) is 1. The van der Waals surface area contributed by atoms with Gasteiger partial charge in [-0.3, -0.25) is 4.79 Å². The van der Waals surface area contributed by atoms with Gasteiger partial charge in [0.1, 0.15) is 0 Å². The van der Waals surface area contributed by atoms with Crippen molar-refractivity contribution < 1.29 is 13.2 Å². The molecule has 0 saturated heterocycles. The SMILES string of the molecule is Cc1ccc(S(=O)(=O)N(C)Cc2ccc(C(=O)N/N=C\C3=CC[C@@H]4C[C@H]3C4(C)C)cc2)cc1. The molecule has 0 spiro atoms. The molecule has 0 radical (unpaired) electrons. The van der Waals surface area contributed by atoms with Crippen molar-refractivity contribution in [2.45, 2.75) is 45.1 Å². The van der Waals surface area contributed by atoms with Crippen LogP contribution < -0.4 is 5.43 Å². The van der Waals surface area contributed by atoms with Crippen LogP contribution in [0.3, 0.4) is 0 Å². The third kappa shape index (κ3) is 4.66. The smallest absolute Gasteiger partial charge is 0.267 e. The Balaban J connectivity index is 1.34. The molecule has 1 N–H and O–H groups in total. The standard InChI is InChI=1S/C26H31N3O3S/c1-18-5-13-23(14-6-18)33(31,32)29(4)17-19-7-9-20(10-8-19)25(30)28-27-16-21-11-12-22-15-24(21)26(22,2)3/h5-11,13-14,16,22,24H,12,15,17H2,1-4H3,(H,28,30)/b27-16-/t22-,24-/m1/s1. The lowest BCUT2D eigenvalue weighted by Crippen LogP contribution is -2.48. The van der Waals surface area contributed by atoms with Crippen LogP contribution in [0.2, 0.25) is 0 Å². The molecule has 5 rings (SSSR count). The van der Waals surface area contributed by atoms with E-state index < -0.39 is 10.0 Å². The summed E-state index contributed by atoms with van der Waals surface area (Å²) in [6.07, 6.45) is 6.29. The van der Waals surface area contributed by atoms with Crippen LogP contribution in [0, 0.1) is 24.2 Å². The van der Waals surface area contributed by atoms with E-state index in [0.717, 1.165) is 23.5 Å². The molecule has 0 unspecified atom stereocenters. The lowest BCUT2D eigenvalue weighted by Gasteiger charge is -2.55. The minimum atomic E-state index is -3.58. The molecular formula is C26H31N3O3S. The van der Waals surface area contributed by atoms with Gasteiger partial charge in [0, 0.05) is 19.2 Å². The Bertz CT molecular complexity index is 1200. The van der Waals surface area contributed by atoms with E-state index in [-0.39, 0.29) is 17.3 Å². The van der Waals surface area contributed by atoms with Crippen molar-refractivity contribution in [2.24, 2.45) is 22.4 Å². The van der Waals surface area contributed by atoms with Gasteiger partial charge >= 0.3 is 0 Å². The van der Waals surface area contributed by atoms with Gasteiger partial charge in [0.2, 0.25) is 10.0 Å². The first kappa shape index (κ1) is 23.4. The Morgan fingerprint density at radius 1 is 1.15 bits per heavy atom. The minimum absolute atomic E-state index is 0.211. The van der Waals surface area contributed by atoms with Gasteiger partial charge in [0.05, 0.1) is 11.1 Å². The number of nitrogens with one attached hydrogen (secondary N) is 1. The van der Waals surface area contributed by atoms with Crippen molar-refractivity contribution >= 4 is 22.1 Å². The molecular weight excluding hydrogens is 434 g/mol. The van der Waals surface area contributed by atoms with Crippen molar-refractivity contribution in [1.82, 2.24) is 9.73 Å². The van der Waals surface area contributed by atoms with E-state index in [9.17, 15) is 13.2 Å². The summed E-state index contributed by atoms with van der Waals surface area (Å²) in [6, 6.07) is 13.7. The summed E-state index contributed by atoms with van der Waals surface area (Å²) in [5, 5.41) is 4.17. The fourth-order valence-corrected chi connectivity index (χ4v) is 5.93. The molecule has 0 aliphatic heterocycles. The maximum absolute atomic E-state index is 12.8. The fraction of sp³-hybridized carbons (Fsp3) is 0.385. The fourth-order valence-electron chi connectivity index (χ4n) is 4.77. The second-order valence-corrected chi connectivity index (χ2v) is 11.8. The lowest BCUT2D eigenvalue weighted by molar-refractivity contribution is -0.00126. The summed E-state index contributed by atoms with van der Waals surface area (Å²) in [7, 11) is -2.03. The van der Waals surface area contributed by atoms with Gasteiger partial charge in [0.25, 0.3) is 5.91 Å². The molecule has 1 fully saturated rings. The number of carbonyl (C=O) groups excluding carboxylic acids is 1. The molecule has 3 aliphatic rings. The van der Waals surface area contributed by atoms with Crippen molar-refractivity contribution in [2.75, 3.05) is 7.05 Å². The third-order valence-corrected chi connectivity index (χ3v) is 9.06. The largest absolute Gasteiger partial charge is 0.271 e. The van der Waals surface area contributed by atoms with Gasteiger partial charge in [-0.25, -0.2) is 13.8 Å². The summed E-state index contributed by atoms with van der Waals surface area (Å²) in [5.41, 5.74) is 6.40. The number of fused-ring (bicyclic) bond motifs is 1. The second kappa shape index (κ2) is 8.88. The number of amides is 1.